The summed E-state index contributed by atoms with van der Waals surface area (Å²) in [6.07, 6.45) is 9.49. The molecule has 4 aliphatic rings. The number of hydrogen-bond acceptors (Lipinski definition) is 4. The summed E-state index contributed by atoms with van der Waals surface area (Å²) in [5.41, 5.74) is 3.23. The number of hydrogen-bond donors (Lipinski definition) is 2. The van der Waals surface area contributed by atoms with Crippen molar-refractivity contribution in [3.05, 3.63) is 77.4 Å². The number of piperidine rings is 1. The smallest absolute Gasteiger partial charge is 0.244 e. The van der Waals surface area contributed by atoms with Crippen molar-refractivity contribution in [2.45, 2.75) is 36.4 Å². The summed E-state index contributed by atoms with van der Waals surface area (Å²) in [6.45, 7) is 0.984. The molecule has 2 aromatic rings. The van der Waals surface area contributed by atoms with Gasteiger partial charge >= 0.3 is 0 Å². The van der Waals surface area contributed by atoms with Gasteiger partial charge in [-0.1, -0.05) is 48.6 Å². The summed E-state index contributed by atoms with van der Waals surface area (Å²) in [4.78, 5) is 15.2. The van der Waals surface area contributed by atoms with Gasteiger partial charge in [-0.05, 0) is 49.7 Å². The third-order valence-electron chi connectivity index (χ3n) is 7.71. The first-order valence-electron chi connectivity index (χ1n) is 11.0. The van der Waals surface area contributed by atoms with Crippen molar-refractivity contribution >= 4 is 12.0 Å². The lowest BCUT2D eigenvalue weighted by Gasteiger charge is -2.57. The van der Waals surface area contributed by atoms with Crippen LogP contribution in [0.3, 0.4) is 0 Å². The highest BCUT2D eigenvalue weighted by Crippen LogP contribution is 2.62. The van der Waals surface area contributed by atoms with Gasteiger partial charge in [-0.2, -0.15) is 0 Å². The fourth-order valence-electron chi connectivity index (χ4n) is 6.34. The number of likely N-dealkylation sites (tertiary alicyclic amines) is 1. The summed E-state index contributed by atoms with van der Waals surface area (Å²) >= 11 is 0. The Morgan fingerprint density at radius 1 is 1.23 bits per heavy atom. The van der Waals surface area contributed by atoms with Crippen molar-refractivity contribution in [1.29, 1.82) is 0 Å². The molecule has 2 heterocycles. The number of phenols is 1. The second-order valence-electron chi connectivity index (χ2n) is 9.22. The number of carbonyl (C=O) groups is 1. The van der Waals surface area contributed by atoms with Crippen LogP contribution in [0.25, 0.3) is 6.08 Å². The van der Waals surface area contributed by atoms with Crippen LogP contribution in [-0.4, -0.2) is 47.7 Å². The molecule has 6 rings (SSSR count). The van der Waals surface area contributed by atoms with Crippen molar-refractivity contribution in [1.82, 2.24) is 10.2 Å². The van der Waals surface area contributed by atoms with Crippen molar-refractivity contribution in [3.63, 3.8) is 0 Å². The molecule has 2 aliphatic carbocycles. The van der Waals surface area contributed by atoms with E-state index in [-0.39, 0.29) is 29.2 Å². The molecule has 0 aromatic heterocycles. The third-order valence-corrected chi connectivity index (χ3v) is 7.71. The number of carbonyl (C=O) groups excluding carboxylic acids is 1. The molecule has 158 valence electrons. The Kier molecular flexibility index (Phi) is 4.06. The molecule has 2 N–H and O–H groups in total. The van der Waals surface area contributed by atoms with Gasteiger partial charge in [0.05, 0.1) is 6.04 Å². The molecule has 2 aromatic carbocycles. The minimum atomic E-state index is -0.244. The summed E-state index contributed by atoms with van der Waals surface area (Å²) < 4.78 is 6.46. The lowest BCUT2D eigenvalue weighted by Crippen LogP contribution is -2.66. The SMILES string of the molecule is CN1CC[C@]23c4c5ccc(O)c4O[C@H]2[C@H](NC(=O)/C=C/c2ccccc2)C=C[C@H]3[C@H]1C5. The van der Waals surface area contributed by atoms with Crippen LogP contribution in [-0.2, 0) is 16.6 Å². The number of likely N-dealkylation sites (N-methyl/N-ethyl adjacent to an activating group) is 1. The lowest BCUT2D eigenvalue weighted by atomic mass is 9.53. The highest BCUT2D eigenvalue weighted by Gasteiger charge is 2.64. The van der Waals surface area contributed by atoms with Gasteiger partial charge in [-0.3, -0.25) is 4.79 Å². The maximum atomic E-state index is 12.8. The van der Waals surface area contributed by atoms with E-state index in [9.17, 15) is 9.90 Å². The van der Waals surface area contributed by atoms with E-state index in [0.29, 0.717) is 17.7 Å². The van der Waals surface area contributed by atoms with E-state index in [1.807, 2.05) is 36.4 Å². The van der Waals surface area contributed by atoms with E-state index in [1.165, 1.54) is 11.1 Å². The van der Waals surface area contributed by atoms with Gasteiger partial charge in [0.25, 0.3) is 0 Å². The lowest BCUT2D eigenvalue weighted by molar-refractivity contribution is -0.118. The average molecular weight is 415 g/mol. The molecule has 2 bridgehead atoms. The highest BCUT2D eigenvalue weighted by molar-refractivity contribution is 5.92. The predicted octanol–water partition coefficient (Wildman–Crippen LogP) is 3.04. The van der Waals surface area contributed by atoms with Crippen LogP contribution in [0.5, 0.6) is 11.5 Å². The van der Waals surface area contributed by atoms with Crippen molar-refractivity contribution < 1.29 is 14.6 Å². The van der Waals surface area contributed by atoms with Crippen LogP contribution in [0, 0.1) is 5.92 Å². The quantitative estimate of drug-likeness (QED) is 0.599. The predicted molar refractivity (Wildman–Crippen MR) is 119 cm³/mol. The first-order valence-corrected chi connectivity index (χ1v) is 11.0. The second kappa shape index (κ2) is 6.72. The van der Waals surface area contributed by atoms with E-state index < -0.39 is 0 Å². The van der Waals surface area contributed by atoms with Gasteiger partial charge in [0, 0.05) is 29.0 Å². The Hall–Kier alpha value is -3.05. The van der Waals surface area contributed by atoms with Crippen molar-refractivity contribution in [3.8, 4) is 11.5 Å². The van der Waals surface area contributed by atoms with Gasteiger partial charge in [0.1, 0.15) is 6.10 Å². The summed E-state index contributed by atoms with van der Waals surface area (Å²) in [5.74, 6) is 1.00. The largest absolute Gasteiger partial charge is 0.504 e. The molecule has 5 heteroatoms. The molecule has 31 heavy (non-hydrogen) atoms. The fourth-order valence-corrected chi connectivity index (χ4v) is 6.34. The third kappa shape index (κ3) is 2.62. The van der Waals surface area contributed by atoms with Crippen molar-refractivity contribution in [2.75, 3.05) is 13.6 Å². The Labute approximate surface area is 182 Å². The molecule has 5 nitrogen and oxygen atoms in total. The average Bonchev–Trinajstić information content (AvgIpc) is 3.14. The Bertz CT molecular complexity index is 1110. The normalized spacial score (nSPS) is 32.5. The number of phenolic OH excluding ortho intramolecular Hbond substituents is 1. The molecule has 0 unspecified atom stereocenters. The highest BCUT2D eigenvalue weighted by atomic mass is 16.5. The van der Waals surface area contributed by atoms with E-state index in [2.05, 4.69) is 35.5 Å². The van der Waals surface area contributed by atoms with Crippen LogP contribution < -0.4 is 10.1 Å². The Morgan fingerprint density at radius 3 is 2.90 bits per heavy atom. The summed E-state index contributed by atoms with van der Waals surface area (Å²) in [5, 5.41) is 13.7. The molecule has 0 radical (unpaired) electrons. The first kappa shape index (κ1) is 18.7. The molecular weight excluding hydrogens is 388 g/mol. The van der Waals surface area contributed by atoms with Crippen molar-refractivity contribution in [2.24, 2.45) is 5.92 Å². The number of nitrogens with one attached hydrogen (secondary N) is 1. The molecule has 2 aliphatic heterocycles. The summed E-state index contributed by atoms with van der Waals surface area (Å²) in [7, 11) is 2.20. The topological polar surface area (TPSA) is 61.8 Å². The number of ether oxygens (including phenoxy) is 1. The van der Waals surface area contributed by atoms with Gasteiger partial charge in [0.15, 0.2) is 11.5 Å². The van der Waals surface area contributed by atoms with E-state index in [0.717, 1.165) is 24.9 Å². The van der Waals surface area contributed by atoms with Crippen LogP contribution in [0.1, 0.15) is 23.1 Å². The molecule has 1 spiro atoms. The van der Waals surface area contributed by atoms with E-state index in [4.69, 9.17) is 4.74 Å². The number of benzene rings is 2. The van der Waals surface area contributed by atoms with Gasteiger partial charge in [0.2, 0.25) is 5.91 Å². The van der Waals surface area contributed by atoms with Crippen LogP contribution in [0.2, 0.25) is 0 Å². The standard InChI is InChI=1S/C26H26N2O3/c1-28-14-13-26-18-9-10-19(27-22(30)12-7-16-5-3-2-4-6-16)25(26)31-24-21(29)11-8-17(23(24)26)15-20(18)28/h2-12,18-20,25,29H,13-15H2,1H3,(H,27,30)/b12-7+/t18-,19+,20+,25-,26-/m0/s1. The second-order valence-corrected chi connectivity index (χ2v) is 9.22. The monoisotopic (exact) mass is 414 g/mol. The van der Waals surface area contributed by atoms with Gasteiger partial charge in [-0.15, -0.1) is 0 Å². The molecular formula is C26H26N2O3. The minimum Gasteiger partial charge on any atom is -0.504 e. The molecule has 1 fully saturated rings. The molecule has 1 saturated heterocycles. The fraction of sp³-hybridized carbons (Fsp3) is 0.346. The zero-order chi connectivity index (χ0) is 21.2. The van der Waals surface area contributed by atoms with Gasteiger partial charge < -0.3 is 20.1 Å². The van der Waals surface area contributed by atoms with Crippen LogP contribution >= 0.6 is 0 Å². The Balaban J connectivity index is 1.35. The zero-order valence-electron chi connectivity index (χ0n) is 17.5. The maximum absolute atomic E-state index is 12.8. The minimum absolute atomic E-state index is 0.141. The van der Waals surface area contributed by atoms with Gasteiger partial charge in [-0.25, -0.2) is 0 Å². The molecule has 5 atom stereocenters. The number of rotatable bonds is 3. The number of amides is 1. The first-order chi connectivity index (χ1) is 15.1. The molecule has 1 amide bonds. The van der Waals surface area contributed by atoms with Crippen LogP contribution in [0.4, 0.5) is 0 Å². The van der Waals surface area contributed by atoms with E-state index in [1.54, 1.807) is 12.1 Å². The van der Waals surface area contributed by atoms with Crippen LogP contribution in [0.15, 0.2) is 60.7 Å². The zero-order valence-corrected chi connectivity index (χ0v) is 17.5. The maximum Gasteiger partial charge on any atom is 0.244 e. The Morgan fingerprint density at radius 2 is 2.06 bits per heavy atom. The number of nitrogens with zero attached hydrogens (tertiary/aromatic N) is 1. The van der Waals surface area contributed by atoms with E-state index >= 15 is 0 Å². The molecule has 0 saturated carbocycles. The number of aromatic hydroxyl groups is 1. The summed E-state index contributed by atoms with van der Waals surface area (Å²) in [6, 6.07) is 13.8.